The van der Waals surface area contributed by atoms with Crippen LogP contribution in [0.4, 0.5) is 0 Å². The molecule has 0 aliphatic rings. The van der Waals surface area contributed by atoms with Gasteiger partial charge in [-0.3, -0.25) is 0 Å². The number of halogens is 1. The van der Waals surface area contributed by atoms with E-state index in [0.717, 1.165) is 9.86 Å². The Hall–Kier alpha value is -2.60. The highest BCUT2D eigenvalue weighted by Crippen LogP contribution is 2.22. The van der Waals surface area contributed by atoms with Gasteiger partial charge in [0.2, 0.25) is 0 Å². The van der Waals surface area contributed by atoms with Crippen molar-refractivity contribution in [3.63, 3.8) is 0 Å². The number of rotatable bonds is 4. The maximum atomic E-state index is 12.2. The molecule has 0 spiro atoms. The average molecular weight is 389 g/mol. The predicted octanol–water partition coefficient (Wildman–Crippen LogP) is 3.92. The summed E-state index contributed by atoms with van der Waals surface area (Å²) in [6, 6.07) is 13.3. The van der Waals surface area contributed by atoms with Gasteiger partial charge in [0, 0.05) is 21.5 Å². The summed E-state index contributed by atoms with van der Waals surface area (Å²) < 4.78 is 16.4. The van der Waals surface area contributed by atoms with Gasteiger partial charge in [-0.05, 0) is 36.4 Å². The third-order valence-corrected chi connectivity index (χ3v) is 3.95. The van der Waals surface area contributed by atoms with E-state index in [1.54, 1.807) is 36.4 Å². The average Bonchev–Trinajstić information content (AvgIpc) is 2.58. The van der Waals surface area contributed by atoms with Crippen LogP contribution in [0.15, 0.2) is 62.2 Å². The summed E-state index contributed by atoms with van der Waals surface area (Å²) in [4.78, 5) is 23.8. The summed E-state index contributed by atoms with van der Waals surface area (Å²) in [5.74, 6) is 0.0764. The highest BCUT2D eigenvalue weighted by atomic mass is 79.9. The number of ether oxygens (including phenoxy) is 2. The minimum atomic E-state index is -0.493. The molecule has 0 amide bonds. The molecule has 5 nitrogen and oxygen atoms in total. The van der Waals surface area contributed by atoms with Gasteiger partial charge in [0.25, 0.3) is 0 Å². The van der Waals surface area contributed by atoms with Crippen LogP contribution < -0.4 is 10.4 Å². The first kappa shape index (κ1) is 16.3. The van der Waals surface area contributed by atoms with E-state index < -0.39 is 11.6 Å². The smallest absolute Gasteiger partial charge is 0.338 e. The Kier molecular flexibility index (Phi) is 4.66. The monoisotopic (exact) mass is 388 g/mol. The molecule has 0 N–H and O–H groups in total. The molecular weight excluding hydrogens is 376 g/mol. The third kappa shape index (κ3) is 3.49. The minimum Gasteiger partial charge on any atom is -0.497 e. The zero-order valence-corrected chi connectivity index (χ0v) is 14.3. The van der Waals surface area contributed by atoms with Crippen LogP contribution in [0.1, 0.15) is 15.9 Å². The maximum Gasteiger partial charge on any atom is 0.338 e. The summed E-state index contributed by atoms with van der Waals surface area (Å²) >= 11 is 3.33. The van der Waals surface area contributed by atoms with Crippen molar-refractivity contribution in [3.8, 4) is 5.75 Å². The molecule has 0 radical (unpaired) electrons. The second kappa shape index (κ2) is 6.88. The lowest BCUT2D eigenvalue weighted by Gasteiger charge is -2.08. The highest BCUT2D eigenvalue weighted by Gasteiger charge is 2.11. The van der Waals surface area contributed by atoms with Gasteiger partial charge >= 0.3 is 11.6 Å². The van der Waals surface area contributed by atoms with Crippen LogP contribution in [0.3, 0.4) is 0 Å². The first-order valence-corrected chi connectivity index (χ1v) is 7.89. The van der Waals surface area contributed by atoms with Gasteiger partial charge in [0.15, 0.2) is 0 Å². The summed E-state index contributed by atoms with van der Waals surface area (Å²) in [5.41, 5.74) is 0.909. The van der Waals surface area contributed by atoms with Crippen LogP contribution >= 0.6 is 15.9 Å². The number of hydrogen-bond donors (Lipinski definition) is 0. The molecule has 0 fully saturated rings. The fraction of sp³-hybridized carbons (Fsp3) is 0.111. The van der Waals surface area contributed by atoms with Crippen molar-refractivity contribution in [1.82, 2.24) is 0 Å². The van der Waals surface area contributed by atoms with Crippen LogP contribution in [0.5, 0.6) is 5.75 Å². The van der Waals surface area contributed by atoms with Gasteiger partial charge < -0.3 is 13.9 Å². The van der Waals surface area contributed by atoms with Crippen molar-refractivity contribution in [2.24, 2.45) is 0 Å². The van der Waals surface area contributed by atoms with Crippen LogP contribution in [-0.4, -0.2) is 13.1 Å². The molecule has 0 atom stereocenters. The summed E-state index contributed by atoms with van der Waals surface area (Å²) in [6.07, 6.45) is 0. The Bertz CT molecular complexity index is 961. The number of esters is 1. The van der Waals surface area contributed by atoms with Gasteiger partial charge in [-0.15, -0.1) is 0 Å². The van der Waals surface area contributed by atoms with Gasteiger partial charge in [0.1, 0.15) is 17.9 Å². The van der Waals surface area contributed by atoms with Gasteiger partial charge in [-0.1, -0.05) is 22.0 Å². The molecule has 0 bridgehead atoms. The molecule has 6 heteroatoms. The third-order valence-electron chi connectivity index (χ3n) is 3.46. The Morgan fingerprint density at radius 1 is 1.17 bits per heavy atom. The predicted molar refractivity (Wildman–Crippen MR) is 92.3 cm³/mol. The molecule has 0 aliphatic heterocycles. The van der Waals surface area contributed by atoms with Crippen molar-refractivity contribution in [1.29, 1.82) is 0 Å². The lowest BCUT2D eigenvalue weighted by Crippen LogP contribution is -2.08. The molecule has 0 aliphatic carbocycles. The van der Waals surface area contributed by atoms with Crippen molar-refractivity contribution in [2.45, 2.75) is 6.61 Å². The van der Waals surface area contributed by atoms with E-state index in [9.17, 15) is 9.59 Å². The molecule has 2 aromatic carbocycles. The first-order chi connectivity index (χ1) is 11.6. The Labute approximate surface area is 145 Å². The molecular formula is C18H13BrO5. The van der Waals surface area contributed by atoms with Crippen LogP contribution in [0.25, 0.3) is 11.0 Å². The van der Waals surface area contributed by atoms with Crippen molar-refractivity contribution >= 4 is 32.9 Å². The highest BCUT2D eigenvalue weighted by molar-refractivity contribution is 9.10. The standard InChI is InChI=1S/C18H13BrO5/c1-22-14-4-2-3-11(7-14)18(21)23-10-12-8-17(20)24-16-9-13(19)5-6-15(12)16/h2-9H,10H2,1H3. The summed E-state index contributed by atoms with van der Waals surface area (Å²) in [6.45, 7) is -0.0280. The number of benzene rings is 2. The van der Waals surface area contributed by atoms with Crippen molar-refractivity contribution < 1.29 is 18.7 Å². The van der Waals surface area contributed by atoms with E-state index in [4.69, 9.17) is 13.9 Å². The SMILES string of the molecule is COc1cccc(C(=O)OCc2cc(=O)oc3cc(Br)ccc23)c1. The molecule has 122 valence electrons. The second-order valence-corrected chi connectivity index (χ2v) is 5.95. The molecule has 0 saturated carbocycles. The van der Waals surface area contributed by atoms with Crippen molar-refractivity contribution in [2.75, 3.05) is 7.11 Å². The van der Waals surface area contributed by atoms with Gasteiger partial charge in [0.05, 0.1) is 12.7 Å². The van der Waals surface area contributed by atoms with Gasteiger partial charge in [-0.2, -0.15) is 0 Å². The first-order valence-electron chi connectivity index (χ1n) is 7.10. The normalized spacial score (nSPS) is 10.6. The molecule has 3 aromatic rings. The van der Waals surface area contributed by atoms with E-state index in [0.29, 0.717) is 22.5 Å². The fourth-order valence-corrected chi connectivity index (χ4v) is 2.64. The zero-order chi connectivity index (χ0) is 17.1. The topological polar surface area (TPSA) is 65.7 Å². The molecule has 0 unspecified atom stereocenters. The Morgan fingerprint density at radius 2 is 2.00 bits per heavy atom. The lowest BCUT2D eigenvalue weighted by molar-refractivity contribution is 0.0473. The second-order valence-electron chi connectivity index (χ2n) is 5.04. The molecule has 24 heavy (non-hydrogen) atoms. The summed E-state index contributed by atoms with van der Waals surface area (Å²) in [5, 5.41) is 0.719. The Balaban J connectivity index is 1.85. The number of hydrogen-bond acceptors (Lipinski definition) is 5. The number of fused-ring (bicyclic) bond motifs is 1. The van der Waals surface area contributed by atoms with E-state index in [2.05, 4.69) is 15.9 Å². The number of methoxy groups -OCH3 is 1. The van der Waals surface area contributed by atoms with Crippen molar-refractivity contribution in [3.05, 3.63) is 74.6 Å². The molecule has 1 heterocycles. The minimum absolute atomic E-state index is 0.0280. The number of carbonyl (C=O) groups is 1. The molecule has 0 saturated heterocycles. The zero-order valence-electron chi connectivity index (χ0n) is 12.7. The Morgan fingerprint density at radius 3 is 2.79 bits per heavy atom. The lowest BCUT2D eigenvalue weighted by atomic mass is 10.1. The largest absolute Gasteiger partial charge is 0.497 e. The van der Waals surface area contributed by atoms with Gasteiger partial charge in [-0.25, -0.2) is 9.59 Å². The molecule has 3 rings (SSSR count). The van der Waals surface area contributed by atoms with E-state index >= 15 is 0 Å². The fourth-order valence-electron chi connectivity index (χ4n) is 2.30. The van der Waals surface area contributed by atoms with Crippen LogP contribution in [0.2, 0.25) is 0 Å². The quantitative estimate of drug-likeness (QED) is 0.500. The van der Waals surface area contributed by atoms with E-state index in [1.165, 1.54) is 13.2 Å². The van der Waals surface area contributed by atoms with Crippen LogP contribution in [0, 0.1) is 0 Å². The van der Waals surface area contributed by atoms with E-state index in [-0.39, 0.29) is 6.61 Å². The number of carbonyl (C=O) groups excluding carboxylic acids is 1. The molecule has 1 aromatic heterocycles. The summed E-state index contributed by atoms with van der Waals surface area (Å²) in [7, 11) is 1.53. The van der Waals surface area contributed by atoms with E-state index in [1.807, 2.05) is 6.07 Å². The van der Waals surface area contributed by atoms with Crippen LogP contribution in [-0.2, 0) is 11.3 Å². The maximum absolute atomic E-state index is 12.2.